The van der Waals surface area contributed by atoms with Gasteiger partial charge in [-0.05, 0) is 57.9 Å². The average molecular weight is 606 g/mol. The van der Waals surface area contributed by atoms with Gasteiger partial charge in [-0.2, -0.15) is 19.0 Å². The highest BCUT2D eigenvalue weighted by atomic mass is 35.5. The highest BCUT2D eigenvalue weighted by molar-refractivity contribution is 6.31. The summed E-state index contributed by atoms with van der Waals surface area (Å²) in [6, 6.07) is 5.84. The van der Waals surface area contributed by atoms with Gasteiger partial charge in [-0.1, -0.05) is 11.6 Å². The first-order valence-electron chi connectivity index (χ1n) is 12.9. The molecule has 3 aromatic heterocycles. The molecule has 0 spiro atoms. The van der Waals surface area contributed by atoms with Crippen molar-refractivity contribution in [3.8, 4) is 17.0 Å². The summed E-state index contributed by atoms with van der Waals surface area (Å²) < 4.78 is 36.7. The topological polar surface area (TPSA) is 147 Å². The Morgan fingerprint density at radius 1 is 1.21 bits per heavy atom. The molecular weight excluding hydrogens is 576 g/mol. The average Bonchev–Trinajstić information content (AvgIpc) is 3.56. The normalized spacial score (nSPS) is 14.0. The molecule has 0 radical (unpaired) electrons. The van der Waals surface area contributed by atoms with Crippen LogP contribution >= 0.6 is 11.6 Å². The van der Waals surface area contributed by atoms with Crippen LogP contribution in [0.2, 0.25) is 5.02 Å². The maximum atomic E-state index is 12.7. The van der Waals surface area contributed by atoms with E-state index in [9.17, 15) is 23.5 Å². The fourth-order valence-electron chi connectivity index (χ4n) is 4.03. The van der Waals surface area contributed by atoms with Gasteiger partial charge in [0.15, 0.2) is 5.65 Å². The summed E-state index contributed by atoms with van der Waals surface area (Å²) in [5.41, 5.74) is 0.904. The number of carbonyl (C=O) groups excluding carboxylic acids is 2. The van der Waals surface area contributed by atoms with Crippen LogP contribution < -0.4 is 10.1 Å². The standard InChI is InChI=1S/C17H11ClF2N6O2.C10H19NO3/c18-9-2-3-13(28-17(19)20)10(6-9)14-12(8-22-25-14)24-16(27)11-7-23-26-5-1-4-21-15(11)26;1-10(2,3)14-9(13)11-6-4-8(12)5-7-11/h1-8,17H,(H,22,25)(H,24,27);8,12H,4-7H2,1-3H3. The lowest BCUT2D eigenvalue weighted by Crippen LogP contribution is -2.42. The third-order valence-corrected chi connectivity index (χ3v) is 6.19. The summed E-state index contributed by atoms with van der Waals surface area (Å²) in [6.45, 7) is 3.72. The molecule has 0 bridgehead atoms. The van der Waals surface area contributed by atoms with Gasteiger partial charge in [0, 0.05) is 36.1 Å². The van der Waals surface area contributed by atoms with Crippen LogP contribution in [0.4, 0.5) is 19.3 Å². The number of ether oxygens (including phenoxy) is 2. The number of carbonyl (C=O) groups is 2. The molecule has 42 heavy (non-hydrogen) atoms. The van der Waals surface area contributed by atoms with E-state index in [0.29, 0.717) is 36.6 Å². The number of H-pyrrole nitrogens is 1. The van der Waals surface area contributed by atoms with Crippen molar-refractivity contribution < 1.29 is 33.0 Å². The van der Waals surface area contributed by atoms with Crippen molar-refractivity contribution in [3.05, 3.63) is 59.6 Å². The van der Waals surface area contributed by atoms with Gasteiger partial charge < -0.3 is 24.8 Å². The van der Waals surface area contributed by atoms with Gasteiger partial charge in [0.1, 0.15) is 16.9 Å². The van der Waals surface area contributed by atoms with E-state index in [2.05, 4.69) is 30.3 Å². The number of fused-ring (bicyclic) bond motifs is 1. The van der Waals surface area contributed by atoms with Gasteiger partial charge in [-0.3, -0.25) is 9.89 Å². The molecule has 0 saturated carbocycles. The minimum Gasteiger partial charge on any atom is -0.444 e. The number of anilines is 1. The van der Waals surface area contributed by atoms with Gasteiger partial charge in [-0.25, -0.2) is 14.3 Å². The van der Waals surface area contributed by atoms with Crippen molar-refractivity contribution in [3.63, 3.8) is 0 Å². The number of likely N-dealkylation sites (tertiary alicyclic amines) is 1. The van der Waals surface area contributed by atoms with Crippen molar-refractivity contribution in [2.45, 2.75) is 51.9 Å². The molecule has 1 aliphatic heterocycles. The molecule has 4 heterocycles. The highest BCUT2D eigenvalue weighted by Crippen LogP contribution is 2.36. The molecule has 4 aromatic rings. The van der Waals surface area contributed by atoms with E-state index in [-0.39, 0.29) is 40.5 Å². The van der Waals surface area contributed by atoms with E-state index in [1.54, 1.807) is 17.2 Å². The molecule has 0 unspecified atom stereocenters. The van der Waals surface area contributed by atoms with E-state index in [1.807, 2.05) is 20.8 Å². The number of nitrogens with zero attached hydrogens (tertiary/aromatic N) is 5. The lowest BCUT2D eigenvalue weighted by molar-refractivity contribution is -0.0494. The molecule has 224 valence electrons. The second-order valence-electron chi connectivity index (χ2n) is 10.3. The Kier molecular flexibility index (Phi) is 9.58. The summed E-state index contributed by atoms with van der Waals surface area (Å²) >= 11 is 5.99. The van der Waals surface area contributed by atoms with E-state index in [4.69, 9.17) is 16.3 Å². The minimum absolute atomic E-state index is 0.114. The Hall–Kier alpha value is -4.30. The quantitative estimate of drug-likeness (QED) is 0.288. The number of halogens is 3. The third kappa shape index (κ3) is 7.91. The highest BCUT2D eigenvalue weighted by Gasteiger charge is 2.26. The molecular formula is C27H30ClF2N7O5. The van der Waals surface area contributed by atoms with Gasteiger partial charge in [0.05, 0.1) is 29.9 Å². The number of hydrogen-bond acceptors (Lipinski definition) is 8. The lowest BCUT2D eigenvalue weighted by atomic mass is 10.1. The molecule has 3 N–H and O–H groups in total. The zero-order chi connectivity index (χ0) is 30.4. The Labute approximate surface area is 244 Å². The minimum atomic E-state index is -3.02. The molecule has 5 rings (SSSR count). The number of nitrogens with one attached hydrogen (secondary N) is 2. The van der Waals surface area contributed by atoms with Gasteiger partial charge in [0.2, 0.25) is 0 Å². The number of rotatable bonds is 5. The number of benzene rings is 1. The zero-order valence-electron chi connectivity index (χ0n) is 23.1. The maximum absolute atomic E-state index is 12.7. The largest absolute Gasteiger partial charge is 0.444 e. The number of hydrogen-bond donors (Lipinski definition) is 3. The summed E-state index contributed by atoms with van der Waals surface area (Å²) in [7, 11) is 0. The predicted octanol–water partition coefficient (Wildman–Crippen LogP) is 5.00. The molecule has 2 amide bonds. The summed E-state index contributed by atoms with van der Waals surface area (Å²) in [5.74, 6) is -0.605. The number of aliphatic hydroxyl groups is 1. The molecule has 1 aliphatic rings. The molecule has 0 aliphatic carbocycles. The first kappa shape index (κ1) is 30.7. The second-order valence-corrected chi connectivity index (χ2v) is 10.7. The summed E-state index contributed by atoms with van der Waals surface area (Å²) in [6.07, 6.45) is 6.69. The van der Waals surface area contributed by atoms with Crippen LogP contribution in [-0.4, -0.2) is 78.2 Å². The number of piperidine rings is 1. The van der Waals surface area contributed by atoms with Crippen molar-refractivity contribution in [2.75, 3.05) is 18.4 Å². The van der Waals surface area contributed by atoms with Crippen LogP contribution in [0.3, 0.4) is 0 Å². The Morgan fingerprint density at radius 2 is 1.95 bits per heavy atom. The van der Waals surface area contributed by atoms with E-state index >= 15 is 0 Å². The third-order valence-electron chi connectivity index (χ3n) is 5.95. The van der Waals surface area contributed by atoms with Crippen LogP contribution in [0.5, 0.6) is 5.75 Å². The van der Waals surface area contributed by atoms with Crippen molar-refractivity contribution in [2.24, 2.45) is 0 Å². The predicted molar refractivity (Wildman–Crippen MR) is 150 cm³/mol. The van der Waals surface area contributed by atoms with Gasteiger partial charge in [0.25, 0.3) is 5.91 Å². The van der Waals surface area contributed by atoms with Crippen LogP contribution in [0.25, 0.3) is 16.9 Å². The van der Waals surface area contributed by atoms with Crippen LogP contribution in [-0.2, 0) is 4.74 Å². The first-order valence-corrected chi connectivity index (χ1v) is 13.3. The Morgan fingerprint density at radius 3 is 2.64 bits per heavy atom. The molecule has 0 atom stereocenters. The van der Waals surface area contributed by atoms with Gasteiger partial charge in [-0.15, -0.1) is 0 Å². The summed E-state index contributed by atoms with van der Waals surface area (Å²) in [5, 5.41) is 22.8. The molecule has 15 heteroatoms. The van der Waals surface area contributed by atoms with Crippen LogP contribution in [0.15, 0.2) is 49.1 Å². The van der Waals surface area contributed by atoms with Crippen LogP contribution in [0.1, 0.15) is 44.0 Å². The van der Waals surface area contributed by atoms with E-state index in [0.717, 1.165) is 0 Å². The Bertz CT molecular complexity index is 1530. The number of aliphatic hydroxyl groups excluding tert-OH is 1. The molecule has 1 saturated heterocycles. The van der Waals surface area contributed by atoms with Gasteiger partial charge >= 0.3 is 12.7 Å². The fourth-order valence-corrected chi connectivity index (χ4v) is 4.21. The number of alkyl halides is 2. The molecule has 1 aromatic carbocycles. The SMILES string of the molecule is CC(C)(C)OC(=O)N1CCC(O)CC1.O=C(Nc1cn[nH]c1-c1cc(Cl)ccc1OC(F)F)c1cnn2cccnc12. The second kappa shape index (κ2) is 13.1. The van der Waals surface area contributed by atoms with E-state index in [1.165, 1.54) is 41.3 Å². The number of aromatic nitrogens is 5. The van der Waals surface area contributed by atoms with Crippen molar-refractivity contribution in [1.29, 1.82) is 0 Å². The maximum Gasteiger partial charge on any atom is 0.410 e. The number of amides is 2. The fraction of sp³-hybridized carbons (Fsp3) is 0.370. The zero-order valence-corrected chi connectivity index (χ0v) is 23.8. The molecule has 12 nitrogen and oxygen atoms in total. The lowest BCUT2D eigenvalue weighted by Gasteiger charge is -2.31. The molecule has 1 fully saturated rings. The van der Waals surface area contributed by atoms with E-state index < -0.39 is 18.1 Å². The number of aromatic amines is 1. The summed E-state index contributed by atoms with van der Waals surface area (Å²) in [4.78, 5) is 30.0. The Balaban J connectivity index is 0.000000244. The van der Waals surface area contributed by atoms with Crippen molar-refractivity contribution >= 4 is 34.9 Å². The smallest absolute Gasteiger partial charge is 0.410 e. The first-order chi connectivity index (χ1) is 19.9. The monoisotopic (exact) mass is 605 g/mol. The van der Waals surface area contributed by atoms with Crippen LogP contribution in [0, 0.1) is 0 Å². The van der Waals surface area contributed by atoms with Crippen molar-refractivity contribution in [1.82, 2.24) is 29.7 Å².